The van der Waals surface area contributed by atoms with Gasteiger partial charge in [0, 0.05) is 12.7 Å². The minimum Gasteiger partial charge on any atom is -0.397 e. The Morgan fingerprint density at radius 1 is 1.67 bits per heavy atom. The van der Waals surface area contributed by atoms with E-state index in [1.54, 1.807) is 13.1 Å². The Morgan fingerprint density at radius 3 is 2.22 bits per heavy atom. The van der Waals surface area contributed by atoms with Gasteiger partial charge in [-0.25, -0.2) is 5.84 Å². The first-order valence-electron chi connectivity index (χ1n) is 2.66. The summed E-state index contributed by atoms with van der Waals surface area (Å²) in [5, 5.41) is 1.46. The van der Waals surface area contributed by atoms with Crippen molar-refractivity contribution in [3.05, 3.63) is 24.0 Å². The molecule has 52 valence electrons. The fraction of sp³-hybridized carbons (Fsp3) is 0.333. The molecule has 0 atom stereocenters. The van der Waals surface area contributed by atoms with E-state index in [1.807, 2.05) is 6.92 Å². The first-order chi connectivity index (χ1) is 4.09. The Kier molecular flexibility index (Phi) is 2.81. The molecule has 0 aromatic heterocycles. The van der Waals surface area contributed by atoms with Gasteiger partial charge in [-0.3, -0.25) is 0 Å². The van der Waals surface area contributed by atoms with Crippen LogP contribution in [0.2, 0.25) is 0 Å². The molecule has 0 aromatic carbocycles. The molecule has 0 amide bonds. The van der Waals surface area contributed by atoms with Crippen molar-refractivity contribution in [3.8, 4) is 0 Å². The lowest BCUT2D eigenvalue weighted by Gasteiger charge is -2.13. The summed E-state index contributed by atoms with van der Waals surface area (Å²) in [6.45, 7) is 5.33. The summed E-state index contributed by atoms with van der Waals surface area (Å²) in [6, 6.07) is 0. The molecular weight excluding hydrogens is 114 g/mol. The van der Waals surface area contributed by atoms with Crippen molar-refractivity contribution < 1.29 is 0 Å². The third-order valence-electron chi connectivity index (χ3n) is 1.17. The average Bonchev–Trinajstić information content (AvgIpc) is 1.84. The topological polar surface area (TPSA) is 55.3 Å². The highest BCUT2D eigenvalue weighted by molar-refractivity contribution is 5.17. The van der Waals surface area contributed by atoms with Gasteiger partial charge in [-0.2, -0.15) is 0 Å². The van der Waals surface area contributed by atoms with Crippen LogP contribution in [0, 0.1) is 0 Å². The molecule has 0 bridgehead atoms. The van der Waals surface area contributed by atoms with E-state index in [0.717, 1.165) is 5.70 Å². The van der Waals surface area contributed by atoms with Gasteiger partial charge in [-0.1, -0.05) is 6.58 Å². The molecule has 0 unspecified atom stereocenters. The molecule has 3 nitrogen and oxygen atoms in total. The number of nitrogens with two attached hydrogens (primary N) is 2. The Bertz CT molecular complexity index is 135. The normalized spacial score (nSPS) is 12.3. The quantitative estimate of drug-likeness (QED) is 0.316. The lowest BCUT2D eigenvalue weighted by Crippen LogP contribution is -2.25. The second-order valence-electron chi connectivity index (χ2n) is 1.86. The number of nitrogens with zero attached hydrogens (tertiary/aromatic N) is 1. The number of hydrazine groups is 1. The molecular formula is C6H13N3. The highest BCUT2D eigenvalue weighted by Crippen LogP contribution is 1.98. The molecule has 0 radical (unpaired) electrons. The number of hydrogen-bond acceptors (Lipinski definition) is 3. The predicted octanol–water partition coefficient (Wildman–Crippen LogP) is 0.168. The molecule has 3 heteroatoms. The highest BCUT2D eigenvalue weighted by Gasteiger charge is 1.93. The summed E-state index contributed by atoms with van der Waals surface area (Å²) in [4.78, 5) is 0. The van der Waals surface area contributed by atoms with Crippen LogP contribution in [0.5, 0.6) is 0 Å². The Balaban J connectivity index is 4.27. The molecule has 0 spiro atoms. The number of hydrogen-bond donors (Lipinski definition) is 2. The maximum absolute atomic E-state index is 5.46. The van der Waals surface area contributed by atoms with Crippen LogP contribution in [0.1, 0.15) is 6.92 Å². The summed E-state index contributed by atoms with van der Waals surface area (Å²) in [7, 11) is 1.73. The summed E-state index contributed by atoms with van der Waals surface area (Å²) in [5.74, 6) is 5.36. The van der Waals surface area contributed by atoms with Gasteiger partial charge in [0.2, 0.25) is 0 Å². The van der Waals surface area contributed by atoms with E-state index >= 15 is 0 Å². The zero-order chi connectivity index (χ0) is 7.44. The summed E-state index contributed by atoms with van der Waals surface area (Å²) >= 11 is 0. The monoisotopic (exact) mass is 127 g/mol. The van der Waals surface area contributed by atoms with Gasteiger partial charge in [0.05, 0.1) is 5.70 Å². The summed E-state index contributed by atoms with van der Waals surface area (Å²) in [6.07, 6.45) is 1.57. The van der Waals surface area contributed by atoms with Crippen LogP contribution in [0.25, 0.3) is 0 Å². The van der Waals surface area contributed by atoms with Crippen LogP contribution < -0.4 is 11.6 Å². The molecule has 0 heterocycles. The van der Waals surface area contributed by atoms with Crippen molar-refractivity contribution in [2.45, 2.75) is 6.92 Å². The van der Waals surface area contributed by atoms with Crippen molar-refractivity contribution in [2.24, 2.45) is 11.6 Å². The molecule has 0 saturated carbocycles. The molecule has 0 aliphatic heterocycles. The van der Waals surface area contributed by atoms with Gasteiger partial charge in [-0.15, -0.1) is 0 Å². The van der Waals surface area contributed by atoms with Crippen molar-refractivity contribution in [3.63, 3.8) is 0 Å². The lowest BCUT2D eigenvalue weighted by molar-refractivity contribution is 0.437. The second-order valence-corrected chi connectivity index (χ2v) is 1.86. The smallest absolute Gasteiger partial charge is 0.0514 e. The van der Waals surface area contributed by atoms with Gasteiger partial charge in [0.1, 0.15) is 0 Å². The van der Waals surface area contributed by atoms with E-state index in [-0.39, 0.29) is 0 Å². The van der Waals surface area contributed by atoms with E-state index in [4.69, 9.17) is 11.6 Å². The lowest BCUT2D eigenvalue weighted by atomic mass is 10.3. The van der Waals surface area contributed by atoms with Crippen LogP contribution in [-0.2, 0) is 0 Å². The van der Waals surface area contributed by atoms with Crippen molar-refractivity contribution in [1.29, 1.82) is 0 Å². The van der Waals surface area contributed by atoms with E-state index in [9.17, 15) is 0 Å². The zero-order valence-corrected chi connectivity index (χ0v) is 5.89. The first-order valence-corrected chi connectivity index (χ1v) is 2.66. The Hall–Kier alpha value is -0.960. The first kappa shape index (κ1) is 8.04. The van der Waals surface area contributed by atoms with E-state index in [2.05, 4.69) is 6.58 Å². The predicted molar refractivity (Wildman–Crippen MR) is 39.0 cm³/mol. The molecule has 0 aliphatic rings. The van der Waals surface area contributed by atoms with Gasteiger partial charge in [-0.05, 0) is 13.0 Å². The van der Waals surface area contributed by atoms with Crippen LogP contribution in [-0.4, -0.2) is 12.1 Å². The molecule has 0 aliphatic carbocycles. The van der Waals surface area contributed by atoms with E-state index in [1.165, 1.54) is 5.01 Å². The Labute approximate surface area is 55.6 Å². The van der Waals surface area contributed by atoms with E-state index < -0.39 is 0 Å². The van der Waals surface area contributed by atoms with Gasteiger partial charge >= 0.3 is 0 Å². The third-order valence-corrected chi connectivity index (χ3v) is 1.17. The van der Waals surface area contributed by atoms with Crippen LogP contribution >= 0.6 is 0 Å². The number of allylic oxidation sites excluding steroid dienone is 2. The Morgan fingerprint density at radius 2 is 2.11 bits per heavy atom. The zero-order valence-electron chi connectivity index (χ0n) is 5.89. The molecule has 4 N–H and O–H groups in total. The molecule has 0 saturated heterocycles. The summed E-state index contributed by atoms with van der Waals surface area (Å²) < 4.78 is 0. The fourth-order valence-corrected chi connectivity index (χ4v) is 0.351. The number of rotatable bonds is 2. The van der Waals surface area contributed by atoms with Gasteiger partial charge in [0.25, 0.3) is 0 Å². The fourth-order valence-electron chi connectivity index (χ4n) is 0.351. The van der Waals surface area contributed by atoms with Gasteiger partial charge in [0.15, 0.2) is 0 Å². The van der Waals surface area contributed by atoms with Gasteiger partial charge < -0.3 is 10.7 Å². The van der Waals surface area contributed by atoms with Crippen LogP contribution in [0.3, 0.4) is 0 Å². The van der Waals surface area contributed by atoms with Crippen molar-refractivity contribution >= 4 is 0 Å². The summed E-state index contributed by atoms with van der Waals surface area (Å²) in [5.41, 5.74) is 6.89. The van der Waals surface area contributed by atoms with E-state index in [0.29, 0.717) is 5.70 Å². The van der Waals surface area contributed by atoms with Crippen LogP contribution in [0.15, 0.2) is 24.0 Å². The maximum atomic E-state index is 5.46. The van der Waals surface area contributed by atoms with Crippen LogP contribution in [0.4, 0.5) is 0 Å². The molecule has 0 rings (SSSR count). The second kappa shape index (κ2) is 3.14. The average molecular weight is 127 g/mol. The SMILES string of the molecule is C=C/C(N)=C(/C)N(C)N. The highest BCUT2D eigenvalue weighted by atomic mass is 15.4. The molecule has 0 aromatic rings. The molecule has 0 fully saturated rings. The largest absolute Gasteiger partial charge is 0.397 e. The maximum Gasteiger partial charge on any atom is 0.0514 e. The minimum atomic E-state index is 0.611. The standard InChI is InChI=1S/C6H13N3/c1-4-6(7)5(2)9(3)8/h4H,1,7-8H2,2-3H3/b6-5+. The molecule has 9 heavy (non-hydrogen) atoms. The third kappa shape index (κ3) is 2.19. The minimum absolute atomic E-state index is 0.611. The van der Waals surface area contributed by atoms with Crippen molar-refractivity contribution in [2.75, 3.05) is 7.05 Å². The van der Waals surface area contributed by atoms with Crippen molar-refractivity contribution in [1.82, 2.24) is 5.01 Å².